The van der Waals surface area contributed by atoms with Gasteiger partial charge in [-0.15, -0.1) is 5.53 Å². The van der Waals surface area contributed by atoms with Crippen molar-refractivity contribution in [3.05, 3.63) is 46.5 Å². The van der Waals surface area contributed by atoms with Crippen molar-refractivity contribution in [2.75, 3.05) is 59.1 Å². The van der Waals surface area contributed by atoms with Crippen LogP contribution in [-0.4, -0.2) is 220 Å². The third-order valence-corrected chi connectivity index (χ3v) is 10.9. The average Bonchev–Trinajstić information content (AvgIpc) is 3.84. The highest BCUT2D eigenvalue weighted by Crippen LogP contribution is 2.18. The van der Waals surface area contributed by atoms with Gasteiger partial charge in [-0.05, 0) is 42.5 Å². The number of fused-ring (bicyclic) bond motifs is 1. The molecule has 0 bridgehead atoms. The molecule has 0 saturated heterocycles. The number of aliphatic carboxylic acids is 3. The smallest absolute Gasteiger partial charge is 0.326 e. The van der Waals surface area contributed by atoms with Crippen molar-refractivity contribution in [2.45, 2.75) is 80.8 Å². The number of benzene rings is 1. The van der Waals surface area contributed by atoms with Crippen LogP contribution in [0.5, 0.6) is 0 Å². The molecule has 37 nitrogen and oxygen atoms in total. The predicted molar refractivity (Wildman–Crippen MR) is 271 cm³/mol. The molecule has 21 N–H and O–H groups in total. The molecule has 1 aromatic heterocycles. The van der Waals surface area contributed by atoms with Crippen molar-refractivity contribution in [1.29, 1.82) is 0 Å². The lowest BCUT2D eigenvalue weighted by atomic mass is 10.1. The number of carboxylic acid groups (broad SMARTS) is 3. The van der Waals surface area contributed by atoms with Gasteiger partial charge < -0.3 is 99.8 Å². The number of para-hydroxylation sites is 1. The molecule has 2 aromatic rings. The first-order valence-electron chi connectivity index (χ1n) is 24.1. The molecule has 0 radical (unpaired) electrons. The highest BCUT2D eigenvalue weighted by Gasteiger charge is 2.34. The Labute approximate surface area is 457 Å². The van der Waals surface area contributed by atoms with Crippen LogP contribution < -0.4 is 69.6 Å². The second kappa shape index (κ2) is 35.7. The summed E-state index contributed by atoms with van der Waals surface area (Å²) in [4.78, 5) is 179. The Morgan fingerprint density at radius 3 is 1.41 bits per heavy atom. The first kappa shape index (κ1) is 67.4. The van der Waals surface area contributed by atoms with Gasteiger partial charge in [0.1, 0.15) is 36.3 Å². The molecule has 0 aliphatic rings. The lowest BCUT2D eigenvalue weighted by Gasteiger charge is -2.24. The minimum absolute atomic E-state index is 0.141. The van der Waals surface area contributed by atoms with Crippen LogP contribution in [0.4, 0.5) is 0 Å². The van der Waals surface area contributed by atoms with E-state index in [1.807, 2.05) is 50.8 Å². The second-order valence-corrected chi connectivity index (χ2v) is 17.1. The fourth-order valence-electron chi connectivity index (χ4n) is 6.79. The number of amides is 11. The Bertz CT molecular complexity index is 2650. The number of carbonyl (C=O) groups is 14. The summed E-state index contributed by atoms with van der Waals surface area (Å²) in [5.74, 6) is -17.1. The number of H-pyrrole nitrogens is 1. The predicted octanol–water partition coefficient (Wildman–Crippen LogP) is -9.48. The van der Waals surface area contributed by atoms with Gasteiger partial charge in [-0.2, -0.15) is 4.91 Å². The Balaban J connectivity index is 1.80. The van der Waals surface area contributed by atoms with Gasteiger partial charge in [-0.3, -0.25) is 67.8 Å². The number of hydrogen-bond donors (Lipinski definition) is 20. The van der Waals surface area contributed by atoms with Crippen molar-refractivity contribution in [1.82, 2.24) is 68.9 Å². The fraction of sp³-hybridized carbons (Fsp3) is 0.500. The van der Waals surface area contributed by atoms with Crippen LogP contribution in [0.1, 0.15) is 37.7 Å². The van der Waals surface area contributed by atoms with Crippen molar-refractivity contribution in [2.24, 2.45) is 11.0 Å². The van der Waals surface area contributed by atoms with Crippen LogP contribution in [0.15, 0.2) is 35.7 Å². The van der Waals surface area contributed by atoms with Crippen molar-refractivity contribution in [3.63, 3.8) is 0 Å². The second-order valence-electron chi connectivity index (χ2n) is 17.1. The lowest BCUT2D eigenvalue weighted by Crippen LogP contribution is -2.59. The van der Waals surface area contributed by atoms with E-state index in [0.29, 0.717) is 0 Å². The fourth-order valence-corrected chi connectivity index (χ4v) is 6.79. The molecule has 81 heavy (non-hydrogen) atoms. The summed E-state index contributed by atoms with van der Waals surface area (Å²) >= 11 is 0. The summed E-state index contributed by atoms with van der Waals surface area (Å²) in [6.45, 7) is -7.04. The maximum absolute atomic E-state index is 13.1. The van der Waals surface area contributed by atoms with Crippen LogP contribution in [0.3, 0.4) is 0 Å². The van der Waals surface area contributed by atoms with E-state index in [9.17, 15) is 97.8 Å². The van der Waals surface area contributed by atoms with Gasteiger partial charge in [-0.1, -0.05) is 18.2 Å². The first-order chi connectivity index (χ1) is 38.4. The monoisotopic (exact) mass is 1150 g/mol. The first-order valence-corrected chi connectivity index (χ1v) is 24.1. The van der Waals surface area contributed by atoms with Crippen LogP contribution in [0.2, 0.25) is 0 Å². The third kappa shape index (κ3) is 25.5. The van der Waals surface area contributed by atoms with Crippen LogP contribution in [0.25, 0.3) is 21.3 Å². The standard InChI is InChI=1S/C44H63N17O20/c45-23(9-21-12-47-24-6-2-1-5-22(21)24)38(74)50-17-35(69)55-29(19-63)40(76)52-13-31(65)48-15-33(67)54-28(18-62)39(75)51-14-32(66)49-16-34(68)56-30(20-64)43(79)59-27(11-37(72)73)42(78)58-26(10-36(70)71)41(77)57-25(44(80)81)7-3-4-8-53-61-60-46/h1-2,5-6,12,23,25-30,47,53,62-64H,3-4,7-11,13-20,45H2,(H,48,65)(H,49,66)(H,50,74)(H,51,75)(H,52,76)(H,54,67)(H,55,69)(H,56,68)(H,57,77)(H,58,78)(H,59,79)(H,70,71)(H,72,73)(H,80,81)/t23-,25-,26-,27-,28-,29-,30-/m0/s1. The minimum Gasteiger partial charge on any atom is -0.481 e. The van der Waals surface area contributed by atoms with E-state index in [2.05, 4.69) is 52.4 Å². The molecule has 0 spiro atoms. The molecular formula is C44H63N17O20. The number of aromatic amines is 1. The number of nitrogens with one attached hydrogen (secondary N) is 13. The number of unbranched alkanes of at least 4 members (excludes halogenated alkanes) is 1. The lowest BCUT2D eigenvalue weighted by molar-refractivity contribution is -0.145. The SMILES string of the molecule is [N-]=[N+]=NNCCCC[C@H](NC(=O)[C@H](CC(=O)O)NC(=O)[C@H](CC(=O)O)NC(=O)[C@H](CO)NC(=O)CNC(=O)CNC(=O)[C@H](CO)NC(=O)CNC(=O)CNC(=O)[C@H](CO)NC(=O)CNC(=O)[C@@H](N)Cc1c[nH]c2ccccc12)C(=O)O. The van der Waals surface area contributed by atoms with E-state index in [4.69, 9.17) is 11.3 Å². The number of azide groups is 1. The van der Waals surface area contributed by atoms with Gasteiger partial charge in [-0.25, -0.2) is 4.79 Å². The van der Waals surface area contributed by atoms with Crippen molar-refractivity contribution >= 4 is 93.8 Å². The maximum Gasteiger partial charge on any atom is 0.326 e. The van der Waals surface area contributed by atoms with Crippen LogP contribution >= 0.6 is 0 Å². The Hall–Kier alpha value is -9.71. The minimum atomic E-state index is -2.10. The summed E-state index contributed by atoms with van der Waals surface area (Å²) in [7, 11) is 0. The van der Waals surface area contributed by atoms with E-state index in [-0.39, 0.29) is 32.2 Å². The molecular weight excluding hydrogens is 1090 g/mol. The molecule has 2 rings (SSSR count). The molecule has 0 fully saturated rings. The molecule has 0 aliphatic carbocycles. The zero-order chi connectivity index (χ0) is 60.6. The largest absolute Gasteiger partial charge is 0.481 e. The van der Waals surface area contributed by atoms with E-state index in [1.165, 1.54) is 0 Å². The molecule has 11 amide bonds. The number of nitrogens with two attached hydrogens (primary N) is 1. The number of hydrogen-bond acceptors (Lipinski definition) is 19. The number of aliphatic hydroxyl groups excluding tert-OH is 3. The van der Waals surface area contributed by atoms with Crippen molar-refractivity contribution < 1.29 is 97.8 Å². The number of carboxylic acids is 3. The molecule has 0 aliphatic heterocycles. The van der Waals surface area contributed by atoms with Gasteiger partial charge in [0.05, 0.1) is 78.0 Å². The maximum atomic E-state index is 13.1. The Kier molecular flexibility index (Phi) is 29.7. The van der Waals surface area contributed by atoms with Gasteiger partial charge in [0.2, 0.25) is 65.0 Å². The quantitative estimate of drug-likeness (QED) is 0.00976. The van der Waals surface area contributed by atoms with E-state index < -0.39 is 191 Å². The molecule has 1 heterocycles. The number of rotatable bonds is 38. The highest BCUT2D eigenvalue weighted by molar-refractivity contribution is 5.99. The topological polar surface area (TPSA) is 595 Å². The summed E-state index contributed by atoms with van der Waals surface area (Å²) < 4.78 is 0. The molecule has 37 heteroatoms. The summed E-state index contributed by atoms with van der Waals surface area (Å²) in [5, 5.41) is 84.1. The van der Waals surface area contributed by atoms with E-state index >= 15 is 0 Å². The number of carbonyl (C=O) groups excluding carboxylic acids is 11. The van der Waals surface area contributed by atoms with E-state index in [0.717, 1.165) is 16.5 Å². The zero-order valence-electron chi connectivity index (χ0n) is 42.9. The number of nitrogens with zero attached hydrogens (tertiary/aromatic N) is 3. The molecule has 444 valence electrons. The molecule has 0 unspecified atom stereocenters. The Morgan fingerprint density at radius 1 is 0.531 bits per heavy atom. The summed E-state index contributed by atoms with van der Waals surface area (Å²) in [6.07, 6.45) is -0.283. The third-order valence-electron chi connectivity index (χ3n) is 10.9. The van der Waals surface area contributed by atoms with Gasteiger partial charge in [0.15, 0.2) is 0 Å². The van der Waals surface area contributed by atoms with E-state index in [1.54, 1.807) is 6.20 Å². The van der Waals surface area contributed by atoms with Crippen LogP contribution in [0, 0.1) is 0 Å². The number of aromatic nitrogens is 1. The molecule has 7 atom stereocenters. The average molecular weight is 1150 g/mol. The van der Waals surface area contributed by atoms with Gasteiger partial charge >= 0.3 is 17.9 Å². The Morgan fingerprint density at radius 2 is 0.951 bits per heavy atom. The summed E-state index contributed by atoms with van der Waals surface area (Å²) in [5.41, 5.74) is 18.2. The summed E-state index contributed by atoms with van der Waals surface area (Å²) in [6, 6.07) is -4.64. The van der Waals surface area contributed by atoms with Gasteiger partial charge in [0, 0.05) is 17.1 Å². The van der Waals surface area contributed by atoms with Crippen molar-refractivity contribution in [3.8, 4) is 0 Å². The molecule has 0 saturated carbocycles. The highest BCUT2D eigenvalue weighted by atomic mass is 16.4. The number of aliphatic hydroxyl groups is 3. The normalized spacial score (nSPS) is 13.2. The van der Waals surface area contributed by atoms with Gasteiger partial charge in [0.25, 0.3) is 0 Å². The zero-order valence-corrected chi connectivity index (χ0v) is 42.9. The molecule has 1 aromatic carbocycles. The van der Waals surface area contributed by atoms with Crippen LogP contribution in [-0.2, 0) is 73.5 Å².